The number of anilines is 2. The van der Waals surface area contributed by atoms with Gasteiger partial charge in [0, 0.05) is 29.3 Å². The molecule has 0 bridgehead atoms. The third kappa shape index (κ3) is 3.50. The summed E-state index contributed by atoms with van der Waals surface area (Å²) >= 11 is 3.34. The zero-order valence-corrected chi connectivity index (χ0v) is 16.1. The summed E-state index contributed by atoms with van der Waals surface area (Å²) in [7, 11) is -2.27. The summed E-state index contributed by atoms with van der Waals surface area (Å²) in [6.45, 7) is 2.04. The number of carbonyl (C=O) groups is 1. The summed E-state index contributed by atoms with van der Waals surface area (Å²) < 4.78 is 33.6. The molecule has 1 aliphatic heterocycles. The molecule has 0 aliphatic carbocycles. The predicted molar refractivity (Wildman–Crippen MR) is 99.7 cm³/mol. The Balaban J connectivity index is 1.97. The predicted octanol–water partition coefficient (Wildman–Crippen LogP) is 3.17. The number of fused-ring (bicyclic) bond motifs is 1. The van der Waals surface area contributed by atoms with Crippen LogP contribution in [0.1, 0.15) is 12.5 Å². The molecule has 3 rings (SSSR count). The van der Waals surface area contributed by atoms with Crippen LogP contribution in [0.4, 0.5) is 11.4 Å². The zero-order valence-electron chi connectivity index (χ0n) is 13.7. The normalized spacial score (nSPS) is 13.5. The van der Waals surface area contributed by atoms with Crippen molar-refractivity contribution in [1.29, 1.82) is 0 Å². The molecular weight excluding hydrogens is 408 g/mol. The van der Waals surface area contributed by atoms with Crippen molar-refractivity contribution < 1.29 is 17.9 Å². The molecule has 1 amide bonds. The van der Waals surface area contributed by atoms with Gasteiger partial charge in [0.25, 0.3) is 10.0 Å². The molecule has 0 saturated carbocycles. The Labute approximate surface area is 155 Å². The summed E-state index contributed by atoms with van der Waals surface area (Å²) in [5, 5.41) is 0. The minimum Gasteiger partial charge on any atom is -0.497 e. The van der Waals surface area contributed by atoms with Gasteiger partial charge in [0.15, 0.2) is 0 Å². The molecule has 0 radical (unpaired) electrons. The molecule has 0 saturated heterocycles. The third-order valence-electron chi connectivity index (χ3n) is 4.04. The lowest BCUT2D eigenvalue weighted by atomic mass is 10.2. The monoisotopic (exact) mass is 424 g/mol. The maximum absolute atomic E-state index is 12.8. The number of benzene rings is 2. The number of amides is 1. The lowest BCUT2D eigenvalue weighted by molar-refractivity contribution is -0.116. The van der Waals surface area contributed by atoms with E-state index in [9.17, 15) is 13.2 Å². The lowest BCUT2D eigenvalue weighted by Crippen LogP contribution is -2.26. The zero-order chi connectivity index (χ0) is 18.2. The molecule has 25 heavy (non-hydrogen) atoms. The quantitative estimate of drug-likeness (QED) is 0.817. The SMILES string of the molecule is COc1ccc(NS(=O)(=O)c2cc3c(cc2Br)CCN3C(C)=O)cc1. The summed E-state index contributed by atoms with van der Waals surface area (Å²) in [5.74, 6) is 0.534. The van der Waals surface area contributed by atoms with Crippen LogP contribution in [0.2, 0.25) is 0 Å². The molecule has 0 fully saturated rings. The smallest absolute Gasteiger partial charge is 0.263 e. The number of methoxy groups -OCH3 is 1. The maximum Gasteiger partial charge on any atom is 0.263 e. The number of carbonyl (C=O) groups excluding carboxylic acids is 1. The Morgan fingerprint density at radius 3 is 2.52 bits per heavy atom. The van der Waals surface area contributed by atoms with Gasteiger partial charge in [0.2, 0.25) is 5.91 Å². The highest BCUT2D eigenvalue weighted by Crippen LogP contribution is 2.36. The molecule has 6 nitrogen and oxygen atoms in total. The molecule has 1 aliphatic rings. The fourth-order valence-electron chi connectivity index (χ4n) is 2.79. The second-order valence-corrected chi connectivity index (χ2v) is 8.17. The second kappa shape index (κ2) is 6.68. The maximum atomic E-state index is 12.8. The number of halogens is 1. The largest absolute Gasteiger partial charge is 0.497 e. The summed E-state index contributed by atoms with van der Waals surface area (Å²) in [6.07, 6.45) is 0.708. The lowest BCUT2D eigenvalue weighted by Gasteiger charge is -2.17. The highest BCUT2D eigenvalue weighted by atomic mass is 79.9. The number of sulfonamides is 1. The van der Waals surface area contributed by atoms with E-state index in [1.165, 1.54) is 6.92 Å². The van der Waals surface area contributed by atoms with Gasteiger partial charge in [0.05, 0.1) is 7.11 Å². The van der Waals surface area contributed by atoms with E-state index in [2.05, 4.69) is 20.7 Å². The Kier molecular flexibility index (Phi) is 4.75. The van der Waals surface area contributed by atoms with Crippen LogP contribution in [0, 0.1) is 0 Å². The van der Waals surface area contributed by atoms with Crippen molar-refractivity contribution in [2.24, 2.45) is 0 Å². The van der Waals surface area contributed by atoms with Crippen LogP contribution in [0.5, 0.6) is 5.75 Å². The van der Waals surface area contributed by atoms with Crippen molar-refractivity contribution in [3.05, 3.63) is 46.4 Å². The average molecular weight is 425 g/mol. The van der Waals surface area contributed by atoms with Crippen molar-refractivity contribution in [2.45, 2.75) is 18.2 Å². The van der Waals surface area contributed by atoms with Gasteiger partial charge >= 0.3 is 0 Å². The number of ether oxygens (including phenoxy) is 1. The Bertz CT molecular complexity index is 926. The van der Waals surface area contributed by atoms with E-state index in [0.29, 0.717) is 34.6 Å². The molecule has 2 aromatic carbocycles. The van der Waals surface area contributed by atoms with Gasteiger partial charge in [-0.2, -0.15) is 0 Å². The molecule has 2 aromatic rings. The van der Waals surface area contributed by atoms with Crippen LogP contribution in [-0.2, 0) is 21.2 Å². The highest BCUT2D eigenvalue weighted by Gasteiger charge is 2.27. The molecule has 1 N–H and O–H groups in total. The van der Waals surface area contributed by atoms with Crippen molar-refractivity contribution >= 4 is 43.2 Å². The van der Waals surface area contributed by atoms with Crippen LogP contribution in [0.25, 0.3) is 0 Å². The van der Waals surface area contributed by atoms with E-state index in [1.54, 1.807) is 48.4 Å². The summed E-state index contributed by atoms with van der Waals surface area (Å²) in [5.41, 5.74) is 2.02. The van der Waals surface area contributed by atoms with Gasteiger partial charge < -0.3 is 9.64 Å². The van der Waals surface area contributed by atoms with Gasteiger partial charge in [-0.25, -0.2) is 8.42 Å². The van der Waals surface area contributed by atoms with E-state index in [0.717, 1.165) is 5.56 Å². The van der Waals surface area contributed by atoms with E-state index < -0.39 is 10.0 Å². The van der Waals surface area contributed by atoms with Crippen molar-refractivity contribution in [3.8, 4) is 5.75 Å². The van der Waals surface area contributed by atoms with E-state index in [-0.39, 0.29) is 10.8 Å². The minimum atomic E-state index is -3.81. The summed E-state index contributed by atoms with van der Waals surface area (Å²) in [4.78, 5) is 13.4. The Morgan fingerprint density at radius 1 is 1.24 bits per heavy atom. The van der Waals surface area contributed by atoms with Crippen LogP contribution < -0.4 is 14.4 Å². The molecule has 8 heteroatoms. The van der Waals surface area contributed by atoms with Crippen LogP contribution in [-0.4, -0.2) is 28.0 Å². The van der Waals surface area contributed by atoms with Gasteiger partial charge in [-0.3, -0.25) is 9.52 Å². The first-order valence-electron chi connectivity index (χ1n) is 7.59. The minimum absolute atomic E-state index is 0.0928. The Hall–Kier alpha value is -2.06. The number of hydrogen-bond acceptors (Lipinski definition) is 4. The first kappa shape index (κ1) is 17.8. The van der Waals surface area contributed by atoms with E-state index in [4.69, 9.17) is 4.74 Å². The number of nitrogens with one attached hydrogen (secondary N) is 1. The molecule has 132 valence electrons. The second-order valence-electron chi connectivity index (χ2n) is 5.67. The standard InChI is InChI=1S/C17H17BrN2O4S/c1-11(21)20-8-7-12-9-15(18)17(10-16(12)20)25(22,23)19-13-3-5-14(24-2)6-4-13/h3-6,9-10,19H,7-8H2,1-2H3. The van der Waals surface area contributed by atoms with Crippen molar-refractivity contribution in [2.75, 3.05) is 23.3 Å². The third-order valence-corrected chi connectivity index (χ3v) is 6.38. The van der Waals surface area contributed by atoms with Gasteiger partial charge in [-0.15, -0.1) is 0 Å². The van der Waals surface area contributed by atoms with E-state index in [1.807, 2.05) is 0 Å². The van der Waals surface area contributed by atoms with Crippen LogP contribution >= 0.6 is 15.9 Å². The van der Waals surface area contributed by atoms with Crippen LogP contribution in [0.3, 0.4) is 0 Å². The molecule has 0 spiro atoms. The number of hydrogen-bond donors (Lipinski definition) is 1. The van der Waals surface area contributed by atoms with E-state index >= 15 is 0 Å². The average Bonchev–Trinajstić information content (AvgIpc) is 2.97. The van der Waals surface area contributed by atoms with Crippen molar-refractivity contribution in [3.63, 3.8) is 0 Å². The molecule has 1 heterocycles. The fourth-order valence-corrected chi connectivity index (χ4v) is 4.96. The highest BCUT2D eigenvalue weighted by molar-refractivity contribution is 9.10. The van der Waals surface area contributed by atoms with Gasteiger partial charge in [-0.05, 0) is 64.3 Å². The van der Waals surface area contributed by atoms with Crippen LogP contribution in [0.15, 0.2) is 45.8 Å². The summed E-state index contributed by atoms with van der Waals surface area (Å²) in [6, 6.07) is 9.90. The first-order valence-corrected chi connectivity index (χ1v) is 9.87. The van der Waals surface area contributed by atoms with Gasteiger partial charge in [-0.1, -0.05) is 0 Å². The fraction of sp³-hybridized carbons (Fsp3) is 0.235. The van der Waals surface area contributed by atoms with Gasteiger partial charge in [0.1, 0.15) is 10.6 Å². The number of rotatable bonds is 4. The van der Waals surface area contributed by atoms with Crippen molar-refractivity contribution in [1.82, 2.24) is 0 Å². The number of nitrogens with zero attached hydrogens (tertiary/aromatic N) is 1. The molecular formula is C17H17BrN2O4S. The Morgan fingerprint density at radius 2 is 1.92 bits per heavy atom. The first-order chi connectivity index (χ1) is 11.8. The molecule has 0 aromatic heterocycles. The molecule has 0 atom stereocenters. The topological polar surface area (TPSA) is 75.7 Å². The molecule has 0 unspecified atom stereocenters.